The summed E-state index contributed by atoms with van der Waals surface area (Å²) in [6.07, 6.45) is 6.89. The molecule has 0 unspecified atom stereocenters. The molecule has 1 aliphatic heterocycles. The Labute approximate surface area is 164 Å². The van der Waals surface area contributed by atoms with Gasteiger partial charge in [0.25, 0.3) is 5.91 Å². The van der Waals surface area contributed by atoms with E-state index in [0.29, 0.717) is 24.7 Å². The van der Waals surface area contributed by atoms with Crippen LogP contribution in [0.15, 0.2) is 36.9 Å². The van der Waals surface area contributed by atoms with E-state index in [1.807, 2.05) is 40.9 Å². The molecule has 0 saturated carbocycles. The fourth-order valence-corrected chi connectivity index (χ4v) is 3.92. The normalized spacial score (nSPS) is 16.4. The van der Waals surface area contributed by atoms with Gasteiger partial charge in [-0.3, -0.25) is 14.5 Å². The molecule has 1 aliphatic rings. The van der Waals surface area contributed by atoms with Crippen molar-refractivity contribution in [2.75, 3.05) is 6.54 Å². The van der Waals surface area contributed by atoms with E-state index in [1.54, 1.807) is 12.5 Å². The van der Waals surface area contributed by atoms with Gasteiger partial charge in [-0.2, -0.15) is 5.10 Å². The van der Waals surface area contributed by atoms with E-state index < -0.39 is 0 Å². The molecule has 0 spiro atoms. The quantitative estimate of drug-likeness (QED) is 0.740. The molecule has 0 radical (unpaired) electrons. The van der Waals surface area contributed by atoms with Crippen LogP contribution >= 0.6 is 0 Å². The second-order valence-electron chi connectivity index (χ2n) is 7.64. The molecule has 1 amide bonds. The number of aromatic amines is 1. The summed E-state index contributed by atoms with van der Waals surface area (Å²) in [5, 5.41) is 4.65. The molecular formula is C21H26N6O. The van der Waals surface area contributed by atoms with Crippen LogP contribution in [0.3, 0.4) is 0 Å². The number of carbonyl (C=O) groups excluding carboxylic acids is 1. The average molecular weight is 378 g/mol. The van der Waals surface area contributed by atoms with E-state index in [4.69, 9.17) is 0 Å². The molecule has 146 valence electrons. The Bertz CT molecular complexity index is 958. The van der Waals surface area contributed by atoms with Crippen LogP contribution in [0.25, 0.3) is 0 Å². The summed E-state index contributed by atoms with van der Waals surface area (Å²) in [4.78, 5) is 27.5. The number of fused-ring (bicyclic) bond motifs is 1. The van der Waals surface area contributed by atoms with Crippen molar-refractivity contribution in [3.8, 4) is 0 Å². The predicted octanol–water partition coefficient (Wildman–Crippen LogP) is 3.01. The van der Waals surface area contributed by atoms with Gasteiger partial charge in [-0.05, 0) is 37.0 Å². The molecule has 7 nitrogen and oxygen atoms in total. The molecule has 3 aromatic heterocycles. The number of nitrogens with zero attached hydrogens (tertiary/aromatic N) is 5. The Hall–Kier alpha value is -2.96. The van der Waals surface area contributed by atoms with Crippen LogP contribution in [-0.4, -0.2) is 42.1 Å². The summed E-state index contributed by atoms with van der Waals surface area (Å²) in [6.45, 7) is 7.63. The average Bonchev–Trinajstić information content (AvgIpc) is 3.33. The number of rotatable bonds is 5. The fraction of sp³-hybridized carbons (Fsp3) is 0.429. The Kier molecular flexibility index (Phi) is 4.98. The second kappa shape index (κ2) is 7.58. The van der Waals surface area contributed by atoms with Crippen LogP contribution in [0, 0.1) is 5.92 Å². The van der Waals surface area contributed by atoms with E-state index in [0.717, 1.165) is 35.5 Å². The molecule has 0 bridgehead atoms. The van der Waals surface area contributed by atoms with Crippen molar-refractivity contribution in [1.82, 2.24) is 29.6 Å². The number of aryl methyl sites for hydroxylation is 1. The number of hydrogen-bond acceptors (Lipinski definition) is 4. The highest BCUT2D eigenvalue weighted by molar-refractivity contribution is 5.93. The second-order valence-corrected chi connectivity index (χ2v) is 7.64. The van der Waals surface area contributed by atoms with Crippen LogP contribution in [0.5, 0.6) is 0 Å². The van der Waals surface area contributed by atoms with E-state index in [-0.39, 0.29) is 11.9 Å². The van der Waals surface area contributed by atoms with Crippen LogP contribution in [0.1, 0.15) is 59.9 Å². The number of imidazole rings is 1. The van der Waals surface area contributed by atoms with Crippen molar-refractivity contribution in [2.45, 2.75) is 46.2 Å². The minimum Gasteiger partial charge on any atom is -0.348 e. The van der Waals surface area contributed by atoms with Gasteiger partial charge in [-0.15, -0.1) is 0 Å². The molecule has 4 heterocycles. The highest BCUT2D eigenvalue weighted by Crippen LogP contribution is 2.34. The molecular weight excluding hydrogens is 352 g/mol. The predicted molar refractivity (Wildman–Crippen MR) is 106 cm³/mol. The first-order valence-electron chi connectivity index (χ1n) is 9.88. The smallest absolute Gasteiger partial charge is 0.272 e. The zero-order chi connectivity index (χ0) is 19.7. The summed E-state index contributed by atoms with van der Waals surface area (Å²) in [6, 6.07) is 5.61. The lowest BCUT2D eigenvalue weighted by molar-refractivity contribution is 0.0677. The maximum Gasteiger partial charge on any atom is 0.272 e. The highest BCUT2D eigenvalue weighted by Gasteiger charge is 2.35. The largest absolute Gasteiger partial charge is 0.348 e. The van der Waals surface area contributed by atoms with Gasteiger partial charge in [0.05, 0.1) is 17.7 Å². The number of aromatic nitrogens is 5. The number of pyridine rings is 1. The Balaban J connectivity index is 1.73. The lowest BCUT2D eigenvalue weighted by Crippen LogP contribution is -2.41. The van der Waals surface area contributed by atoms with Crippen molar-refractivity contribution in [3.05, 3.63) is 65.3 Å². The lowest BCUT2D eigenvalue weighted by atomic mass is 9.96. The monoisotopic (exact) mass is 378 g/mol. The van der Waals surface area contributed by atoms with E-state index in [2.05, 4.69) is 33.9 Å². The summed E-state index contributed by atoms with van der Waals surface area (Å²) in [5.41, 5.74) is 4.57. The third kappa shape index (κ3) is 3.32. The van der Waals surface area contributed by atoms with Gasteiger partial charge in [0.15, 0.2) is 0 Å². The molecule has 7 heteroatoms. The van der Waals surface area contributed by atoms with Crippen LogP contribution < -0.4 is 0 Å². The van der Waals surface area contributed by atoms with Crippen molar-refractivity contribution < 1.29 is 4.79 Å². The topological polar surface area (TPSA) is 79.7 Å². The van der Waals surface area contributed by atoms with Gasteiger partial charge in [-0.25, -0.2) is 4.98 Å². The summed E-state index contributed by atoms with van der Waals surface area (Å²) >= 11 is 0. The maximum atomic E-state index is 13.6. The standard InChI is InChI=1S/C21H26N6O/c1-4-27-18(11-16(25-27)10-14(2)3)21(28)26-9-7-17-19(24-13-23-17)20(26)15-6-5-8-22-12-15/h5-6,8,11-14,20H,4,7,9-10H2,1-3H3,(H,23,24)/t20-/m0/s1. The molecule has 0 aromatic carbocycles. The number of carbonyl (C=O) groups is 1. The lowest BCUT2D eigenvalue weighted by Gasteiger charge is -2.35. The number of hydrogen-bond donors (Lipinski definition) is 1. The molecule has 0 aliphatic carbocycles. The Morgan fingerprint density at radius 3 is 2.96 bits per heavy atom. The van der Waals surface area contributed by atoms with Crippen molar-refractivity contribution in [2.24, 2.45) is 5.92 Å². The van der Waals surface area contributed by atoms with Gasteiger partial charge in [0.2, 0.25) is 0 Å². The van der Waals surface area contributed by atoms with Gasteiger partial charge < -0.3 is 9.88 Å². The number of H-pyrrole nitrogens is 1. The zero-order valence-corrected chi connectivity index (χ0v) is 16.6. The van der Waals surface area contributed by atoms with Gasteiger partial charge in [0.1, 0.15) is 11.7 Å². The molecule has 1 atom stereocenters. The van der Waals surface area contributed by atoms with Crippen LogP contribution in [0.4, 0.5) is 0 Å². The molecule has 0 fully saturated rings. The van der Waals surface area contributed by atoms with Crippen LogP contribution in [-0.2, 0) is 19.4 Å². The molecule has 4 rings (SSSR count). The highest BCUT2D eigenvalue weighted by atomic mass is 16.2. The molecule has 0 saturated heterocycles. The van der Waals surface area contributed by atoms with Gasteiger partial charge in [-0.1, -0.05) is 19.9 Å². The fourth-order valence-electron chi connectivity index (χ4n) is 3.92. The van der Waals surface area contributed by atoms with E-state index >= 15 is 0 Å². The summed E-state index contributed by atoms with van der Waals surface area (Å²) in [5.74, 6) is 0.486. The molecule has 1 N–H and O–H groups in total. The number of amides is 1. The van der Waals surface area contributed by atoms with E-state index in [1.165, 1.54) is 0 Å². The van der Waals surface area contributed by atoms with Crippen molar-refractivity contribution >= 4 is 5.91 Å². The SMILES string of the molecule is CCn1nc(CC(C)C)cc1C(=O)N1CCc2[nH]cnc2[C@@H]1c1cccnc1. The minimum absolute atomic E-state index is 0.00754. The van der Waals surface area contributed by atoms with Crippen molar-refractivity contribution in [3.63, 3.8) is 0 Å². The number of nitrogens with one attached hydrogen (secondary N) is 1. The van der Waals surface area contributed by atoms with Gasteiger partial charge >= 0.3 is 0 Å². The molecule has 3 aromatic rings. The first-order chi connectivity index (χ1) is 13.6. The molecule has 28 heavy (non-hydrogen) atoms. The Morgan fingerprint density at radius 2 is 2.25 bits per heavy atom. The van der Waals surface area contributed by atoms with E-state index in [9.17, 15) is 4.79 Å². The third-order valence-electron chi connectivity index (χ3n) is 5.15. The third-order valence-corrected chi connectivity index (χ3v) is 5.15. The first kappa shape index (κ1) is 18.4. The first-order valence-corrected chi connectivity index (χ1v) is 9.88. The van der Waals surface area contributed by atoms with Gasteiger partial charge in [0, 0.05) is 37.6 Å². The Morgan fingerprint density at radius 1 is 1.39 bits per heavy atom. The zero-order valence-electron chi connectivity index (χ0n) is 16.6. The minimum atomic E-state index is -0.245. The van der Waals surface area contributed by atoms with Crippen molar-refractivity contribution in [1.29, 1.82) is 0 Å². The van der Waals surface area contributed by atoms with Crippen LogP contribution in [0.2, 0.25) is 0 Å². The maximum absolute atomic E-state index is 13.6. The summed E-state index contributed by atoms with van der Waals surface area (Å²) < 4.78 is 1.82. The summed E-state index contributed by atoms with van der Waals surface area (Å²) in [7, 11) is 0.